The molecule has 0 saturated heterocycles. The van der Waals surface area contributed by atoms with Gasteiger partial charge in [0.15, 0.2) is 0 Å². The van der Waals surface area contributed by atoms with Crippen LogP contribution in [0.25, 0.3) is 0 Å². The van der Waals surface area contributed by atoms with E-state index < -0.39 is 0 Å². The molecule has 2 aromatic rings. The van der Waals surface area contributed by atoms with E-state index in [9.17, 15) is 4.39 Å². The zero-order chi connectivity index (χ0) is 12.1. The summed E-state index contributed by atoms with van der Waals surface area (Å²) in [7, 11) is 0. The predicted molar refractivity (Wildman–Crippen MR) is 69.5 cm³/mol. The fraction of sp³-hybridized carbons (Fsp3) is 0.125. The van der Waals surface area contributed by atoms with Gasteiger partial charge in [0, 0.05) is 5.92 Å². The molecule has 1 heteroatoms. The van der Waals surface area contributed by atoms with E-state index in [0.717, 1.165) is 11.1 Å². The van der Waals surface area contributed by atoms with Crippen molar-refractivity contribution in [2.75, 3.05) is 0 Å². The van der Waals surface area contributed by atoms with Crippen molar-refractivity contribution in [2.24, 2.45) is 0 Å². The summed E-state index contributed by atoms with van der Waals surface area (Å²) in [6.07, 6.45) is 3.98. The van der Waals surface area contributed by atoms with Gasteiger partial charge < -0.3 is 0 Å². The van der Waals surface area contributed by atoms with Crippen LogP contribution in [-0.4, -0.2) is 0 Å². The van der Waals surface area contributed by atoms with Gasteiger partial charge in [-0.15, -0.1) is 0 Å². The van der Waals surface area contributed by atoms with Gasteiger partial charge in [-0.2, -0.15) is 0 Å². The van der Waals surface area contributed by atoms with Gasteiger partial charge in [-0.25, -0.2) is 4.39 Å². The van der Waals surface area contributed by atoms with Crippen molar-refractivity contribution < 1.29 is 4.39 Å². The Balaban J connectivity index is 2.47. The first-order valence-electron chi connectivity index (χ1n) is 5.75. The van der Waals surface area contributed by atoms with Crippen molar-refractivity contribution in [3.05, 3.63) is 83.7 Å². The molecule has 0 N–H and O–H groups in total. The lowest BCUT2D eigenvalue weighted by atomic mass is 9.90. The highest BCUT2D eigenvalue weighted by atomic mass is 19.1. The van der Waals surface area contributed by atoms with Crippen molar-refractivity contribution in [3.8, 4) is 0 Å². The van der Waals surface area contributed by atoms with Crippen LogP contribution < -0.4 is 0 Å². The summed E-state index contributed by atoms with van der Waals surface area (Å²) in [5, 5.41) is 0. The second-order valence-electron chi connectivity index (χ2n) is 3.94. The minimum Gasteiger partial charge on any atom is -0.207 e. The molecule has 0 spiro atoms. The highest BCUT2D eigenvalue weighted by molar-refractivity contribution is 5.37. The maximum Gasteiger partial charge on any atom is 0.127 e. The van der Waals surface area contributed by atoms with Crippen LogP contribution in [0.1, 0.15) is 24.0 Å². The number of hydrogen-bond donors (Lipinski definition) is 0. The molecule has 1 atom stereocenters. The Kier molecular flexibility index (Phi) is 3.71. The van der Waals surface area contributed by atoms with Crippen molar-refractivity contribution in [1.82, 2.24) is 0 Å². The molecule has 86 valence electrons. The van der Waals surface area contributed by atoms with E-state index in [0.29, 0.717) is 0 Å². The molecule has 0 saturated carbocycles. The minimum atomic E-state index is -0.153. The van der Waals surface area contributed by atoms with Crippen LogP contribution in [0.4, 0.5) is 4.39 Å². The summed E-state index contributed by atoms with van der Waals surface area (Å²) in [5.41, 5.74) is 1.83. The van der Waals surface area contributed by atoms with Crippen LogP contribution in [0.3, 0.4) is 0 Å². The average molecular weight is 226 g/mol. The third-order valence-electron chi connectivity index (χ3n) is 2.78. The molecular weight excluding hydrogens is 211 g/mol. The van der Waals surface area contributed by atoms with Crippen LogP contribution in [0.5, 0.6) is 0 Å². The van der Waals surface area contributed by atoms with E-state index in [2.05, 4.69) is 0 Å². The third kappa shape index (κ3) is 2.62. The van der Waals surface area contributed by atoms with Crippen molar-refractivity contribution in [2.45, 2.75) is 12.8 Å². The molecular formula is C16H15F. The molecule has 0 amide bonds. The lowest BCUT2D eigenvalue weighted by Gasteiger charge is -2.14. The highest BCUT2D eigenvalue weighted by Gasteiger charge is 2.13. The standard InChI is InChI=1S/C16H15F/c1-2-8-14(13-9-4-3-5-10-13)15-11-6-7-12-16(15)17/h2-12,14H,1H3/b8-2+. The average Bonchev–Trinajstić information content (AvgIpc) is 2.38. The van der Waals surface area contributed by atoms with E-state index in [1.807, 2.05) is 61.5 Å². The maximum atomic E-state index is 13.8. The van der Waals surface area contributed by atoms with E-state index in [-0.39, 0.29) is 11.7 Å². The Labute approximate surface area is 101 Å². The predicted octanol–water partition coefficient (Wildman–Crippen LogP) is 4.53. The third-order valence-corrected chi connectivity index (χ3v) is 2.78. The van der Waals surface area contributed by atoms with E-state index in [1.54, 1.807) is 6.07 Å². The monoisotopic (exact) mass is 226 g/mol. The Morgan fingerprint density at radius 3 is 2.24 bits per heavy atom. The molecule has 2 aromatic carbocycles. The first-order valence-corrected chi connectivity index (χ1v) is 5.75. The van der Waals surface area contributed by atoms with Crippen LogP contribution in [0, 0.1) is 5.82 Å². The van der Waals surface area contributed by atoms with Crippen LogP contribution in [-0.2, 0) is 0 Å². The number of rotatable bonds is 3. The first-order chi connectivity index (χ1) is 8.33. The normalized spacial score (nSPS) is 12.8. The Morgan fingerprint density at radius 2 is 1.59 bits per heavy atom. The summed E-state index contributed by atoms with van der Waals surface area (Å²) >= 11 is 0. The molecule has 2 rings (SSSR count). The number of hydrogen-bond acceptors (Lipinski definition) is 0. The van der Waals surface area contributed by atoms with Crippen LogP contribution >= 0.6 is 0 Å². The van der Waals surface area contributed by atoms with Gasteiger partial charge in [-0.05, 0) is 24.1 Å². The summed E-state index contributed by atoms with van der Waals surface area (Å²) in [6.45, 7) is 1.96. The molecule has 0 radical (unpaired) electrons. The molecule has 0 aliphatic carbocycles. The largest absolute Gasteiger partial charge is 0.207 e. The number of allylic oxidation sites excluding steroid dienone is 2. The van der Waals surface area contributed by atoms with Gasteiger partial charge >= 0.3 is 0 Å². The van der Waals surface area contributed by atoms with Gasteiger partial charge in [-0.3, -0.25) is 0 Å². The number of benzene rings is 2. The van der Waals surface area contributed by atoms with Crippen LogP contribution in [0.15, 0.2) is 66.7 Å². The quantitative estimate of drug-likeness (QED) is 0.674. The van der Waals surface area contributed by atoms with Crippen molar-refractivity contribution in [3.63, 3.8) is 0 Å². The molecule has 0 heterocycles. The van der Waals surface area contributed by atoms with E-state index in [1.165, 1.54) is 6.07 Å². The fourth-order valence-corrected chi connectivity index (χ4v) is 1.97. The number of halogens is 1. The maximum absolute atomic E-state index is 13.8. The smallest absolute Gasteiger partial charge is 0.127 e. The summed E-state index contributed by atoms with van der Waals surface area (Å²) < 4.78 is 13.8. The van der Waals surface area contributed by atoms with Gasteiger partial charge in [0.2, 0.25) is 0 Å². The molecule has 1 unspecified atom stereocenters. The topological polar surface area (TPSA) is 0 Å². The molecule has 0 nitrogen and oxygen atoms in total. The second kappa shape index (κ2) is 5.44. The molecule has 0 aliphatic rings. The second-order valence-corrected chi connectivity index (χ2v) is 3.94. The van der Waals surface area contributed by atoms with Gasteiger partial charge in [-0.1, -0.05) is 60.7 Å². The highest BCUT2D eigenvalue weighted by Crippen LogP contribution is 2.27. The molecule has 0 aliphatic heterocycles. The molecule has 0 aromatic heterocycles. The van der Waals surface area contributed by atoms with E-state index in [4.69, 9.17) is 0 Å². The molecule has 17 heavy (non-hydrogen) atoms. The Hall–Kier alpha value is -1.89. The van der Waals surface area contributed by atoms with Gasteiger partial charge in [0.05, 0.1) is 0 Å². The van der Waals surface area contributed by atoms with Crippen molar-refractivity contribution >= 4 is 0 Å². The zero-order valence-corrected chi connectivity index (χ0v) is 9.81. The summed E-state index contributed by atoms with van der Waals surface area (Å²) in [6, 6.07) is 16.9. The van der Waals surface area contributed by atoms with Crippen molar-refractivity contribution in [1.29, 1.82) is 0 Å². The van der Waals surface area contributed by atoms with Gasteiger partial charge in [0.25, 0.3) is 0 Å². The molecule has 0 bridgehead atoms. The summed E-state index contributed by atoms with van der Waals surface area (Å²) in [4.78, 5) is 0. The first kappa shape index (κ1) is 11.6. The van der Waals surface area contributed by atoms with Gasteiger partial charge in [0.1, 0.15) is 5.82 Å². The Morgan fingerprint density at radius 1 is 0.941 bits per heavy atom. The molecule has 0 fully saturated rings. The fourth-order valence-electron chi connectivity index (χ4n) is 1.97. The minimum absolute atomic E-state index is 0.0117. The SMILES string of the molecule is C/C=C/C(c1ccccc1)c1ccccc1F. The zero-order valence-electron chi connectivity index (χ0n) is 9.81. The lowest BCUT2D eigenvalue weighted by molar-refractivity contribution is 0.608. The Bertz CT molecular complexity index is 500. The summed E-state index contributed by atoms with van der Waals surface area (Å²) in [5.74, 6) is -0.165. The van der Waals surface area contributed by atoms with E-state index >= 15 is 0 Å². The van der Waals surface area contributed by atoms with Crippen LogP contribution in [0.2, 0.25) is 0 Å². The lowest BCUT2D eigenvalue weighted by Crippen LogP contribution is -2.00.